The second-order valence-electron chi connectivity index (χ2n) is 6.80. The smallest absolute Gasteiger partial charge is 0.239 e. The predicted octanol–water partition coefficient (Wildman–Crippen LogP) is 2.56. The summed E-state index contributed by atoms with van der Waals surface area (Å²) in [5.41, 5.74) is 1.49. The second-order valence-corrected chi connectivity index (χ2v) is 6.80. The Morgan fingerprint density at radius 3 is 2.74 bits per heavy atom. The Kier molecular flexibility index (Phi) is 8.59. The topological polar surface area (TPSA) is 50.4 Å². The van der Waals surface area contributed by atoms with Gasteiger partial charge in [0.2, 0.25) is 5.91 Å². The highest BCUT2D eigenvalue weighted by atomic mass is 35.5. The molecule has 1 aromatic rings. The second kappa shape index (κ2) is 9.91. The Morgan fingerprint density at radius 2 is 2.09 bits per heavy atom. The summed E-state index contributed by atoms with van der Waals surface area (Å²) in [7, 11) is 0. The maximum Gasteiger partial charge on any atom is 0.239 e. The number of amides is 1. The van der Waals surface area contributed by atoms with Gasteiger partial charge in [-0.15, -0.1) is 12.4 Å². The van der Waals surface area contributed by atoms with Crippen LogP contribution >= 0.6 is 12.4 Å². The molecule has 2 rings (SSSR count). The van der Waals surface area contributed by atoms with Gasteiger partial charge < -0.3 is 15.4 Å². The van der Waals surface area contributed by atoms with Crippen molar-refractivity contribution in [3.05, 3.63) is 35.9 Å². The summed E-state index contributed by atoms with van der Waals surface area (Å²) in [5, 5.41) is 6.24. The third-order valence-electron chi connectivity index (χ3n) is 4.14. The van der Waals surface area contributed by atoms with Crippen LogP contribution in [0.15, 0.2) is 30.3 Å². The Labute approximate surface area is 145 Å². The van der Waals surface area contributed by atoms with E-state index in [0.717, 1.165) is 25.8 Å². The third kappa shape index (κ3) is 7.34. The van der Waals surface area contributed by atoms with Crippen LogP contribution in [-0.2, 0) is 16.0 Å². The fraction of sp³-hybridized carbons (Fsp3) is 0.611. The molecule has 1 heterocycles. The number of hydrogen-bond donors (Lipinski definition) is 2. The lowest BCUT2D eigenvalue weighted by Crippen LogP contribution is -2.52. The van der Waals surface area contributed by atoms with Gasteiger partial charge in [0.1, 0.15) is 6.04 Å². The first kappa shape index (κ1) is 19.9. The molecular formula is C18H29ClN2O2. The van der Waals surface area contributed by atoms with Crippen LogP contribution in [0.25, 0.3) is 0 Å². The molecule has 0 saturated carbocycles. The Hall–Kier alpha value is -1.10. The van der Waals surface area contributed by atoms with Gasteiger partial charge in [-0.2, -0.15) is 0 Å². The molecule has 1 saturated heterocycles. The molecule has 1 aromatic carbocycles. The standard InChI is InChI=1S/C18H28N2O2.ClH/c1-18(2,10-6-9-15-7-4-3-5-8-15)14-20-17(21)16-13-22-12-11-19-16;/h3-5,7-8,16,19H,6,9-14H2,1-2H3,(H,20,21);1H. The van der Waals surface area contributed by atoms with Crippen molar-refractivity contribution < 1.29 is 9.53 Å². The molecule has 0 aliphatic carbocycles. The number of rotatable bonds is 7. The van der Waals surface area contributed by atoms with Gasteiger partial charge in [0.15, 0.2) is 0 Å². The van der Waals surface area contributed by atoms with Crippen LogP contribution in [-0.4, -0.2) is 38.3 Å². The van der Waals surface area contributed by atoms with Crippen LogP contribution in [0.1, 0.15) is 32.3 Å². The minimum absolute atomic E-state index is 0. The number of halogens is 1. The largest absolute Gasteiger partial charge is 0.378 e. The molecule has 1 aliphatic heterocycles. The van der Waals surface area contributed by atoms with Gasteiger partial charge >= 0.3 is 0 Å². The fourth-order valence-electron chi connectivity index (χ4n) is 2.69. The van der Waals surface area contributed by atoms with Gasteiger partial charge in [0.25, 0.3) is 0 Å². The van der Waals surface area contributed by atoms with E-state index in [1.165, 1.54) is 5.56 Å². The number of morpholine rings is 1. The van der Waals surface area contributed by atoms with E-state index in [2.05, 4.69) is 48.7 Å². The molecule has 0 aromatic heterocycles. The summed E-state index contributed by atoms with van der Waals surface area (Å²) in [5.74, 6) is 0.0517. The molecule has 5 heteroatoms. The molecule has 0 radical (unpaired) electrons. The van der Waals surface area contributed by atoms with Crippen LogP contribution in [0.2, 0.25) is 0 Å². The monoisotopic (exact) mass is 340 g/mol. The molecule has 4 nitrogen and oxygen atoms in total. The normalized spacial score (nSPS) is 18.1. The lowest BCUT2D eigenvalue weighted by atomic mass is 9.86. The lowest BCUT2D eigenvalue weighted by molar-refractivity contribution is -0.126. The van der Waals surface area contributed by atoms with Crippen molar-refractivity contribution in [3.8, 4) is 0 Å². The average Bonchev–Trinajstić information content (AvgIpc) is 2.54. The maximum absolute atomic E-state index is 12.1. The van der Waals surface area contributed by atoms with Gasteiger partial charge in [-0.3, -0.25) is 4.79 Å². The van der Waals surface area contributed by atoms with Crippen LogP contribution < -0.4 is 10.6 Å². The van der Waals surface area contributed by atoms with E-state index in [-0.39, 0.29) is 29.8 Å². The first-order chi connectivity index (χ1) is 10.6. The molecule has 1 aliphatic rings. The van der Waals surface area contributed by atoms with Crippen LogP contribution in [0.4, 0.5) is 0 Å². The highest BCUT2D eigenvalue weighted by molar-refractivity contribution is 5.85. The van der Waals surface area contributed by atoms with Crippen molar-refractivity contribution in [1.82, 2.24) is 10.6 Å². The Balaban J connectivity index is 0.00000264. The highest BCUT2D eigenvalue weighted by Crippen LogP contribution is 2.22. The summed E-state index contributed by atoms with van der Waals surface area (Å²) in [6, 6.07) is 10.4. The average molecular weight is 341 g/mol. The van der Waals surface area contributed by atoms with Crippen LogP contribution in [0.3, 0.4) is 0 Å². The van der Waals surface area contributed by atoms with Gasteiger partial charge in [0.05, 0.1) is 13.2 Å². The molecule has 2 N–H and O–H groups in total. The number of aryl methyl sites for hydroxylation is 1. The van der Waals surface area contributed by atoms with Gasteiger partial charge in [0, 0.05) is 13.1 Å². The Bertz CT molecular complexity index is 459. The van der Waals surface area contributed by atoms with Gasteiger partial charge in [-0.05, 0) is 30.2 Å². The molecule has 1 unspecified atom stereocenters. The number of hydrogen-bond acceptors (Lipinski definition) is 3. The van der Waals surface area contributed by atoms with Gasteiger partial charge in [-0.1, -0.05) is 44.2 Å². The molecule has 0 spiro atoms. The van der Waals surface area contributed by atoms with E-state index in [4.69, 9.17) is 4.74 Å². The first-order valence-electron chi connectivity index (χ1n) is 8.20. The molecule has 1 amide bonds. The predicted molar refractivity (Wildman–Crippen MR) is 96.0 cm³/mol. The van der Waals surface area contributed by atoms with E-state index < -0.39 is 0 Å². The minimum atomic E-state index is -0.200. The zero-order chi connectivity index (χ0) is 15.8. The number of ether oxygens (including phenoxy) is 1. The van der Waals surface area contributed by atoms with Crippen molar-refractivity contribution in [1.29, 1.82) is 0 Å². The van der Waals surface area contributed by atoms with Crippen molar-refractivity contribution in [3.63, 3.8) is 0 Å². The van der Waals surface area contributed by atoms with Crippen molar-refractivity contribution in [2.75, 3.05) is 26.3 Å². The van der Waals surface area contributed by atoms with Crippen molar-refractivity contribution in [2.24, 2.45) is 5.41 Å². The highest BCUT2D eigenvalue weighted by Gasteiger charge is 2.24. The van der Waals surface area contributed by atoms with E-state index >= 15 is 0 Å². The number of benzene rings is 1. The van der Waals surface area contributed by atoms with Crippen molar-refractivity contribution in [2.45, 2.75) is 39.2 Å². The SMILES string of the molecule is CC(C)(CCCc1ccccc1)CNC(=O)C1COCCN1.Cl. The van der Waals surface area contributed by atoms with Crippen LogP contribution in [0, 0.1) is 5.41 Å². The first-order valence-corrected chi connectivity index (χ1v) is 8.20. The van der Waals surface area contributed by atoms with Gasteiger partial charge in [-0.25, -0.2) is 0 Å². The summed E-state index contributed by atoms with van der Waals surface area (Å²) < 4.78 is 5.33. The van der Waals surface area contributed by atoms with E-state index in [9.17, 15) is 4.79 Å². The molecule has 23 heavy (non-hydrogen) atoms. The fourth-order valence-corrected chi connectivity index (χ4v) is 2.69. The maximum atomic E-state index is 12.1. The quantitative estimate of drug-likeness (QED) is 0.802. The summed E-state index contributed by atoms with van der Waals surface area (Å²) in [6.45, 7) is 7.04. The summed E-state index contributed by atoms with van der Waals surface area (Å²) in [4.78, 5) is 12.1. The number of carbonyl (C=O) groups is 1. The molecular weight excluding hydrogens is 312 g/mol. The zero-order valence-electron chi connectivity index (χ0n) is 14.1. The van der Waals surface area contributed by atoms with E-state index in [1.54, 1.807) is 0 Å². The Morgan fingerprint density at radius 1 is 1.35 bits per heavy atom. The zero-order valence-corrected chi connectivity index (χ0v) is 15.0. The third-order valence-corrected chi connectivity index (χ3v) is 4.14. The van der Waals surface area contributed by atoms with Crippen LogP contribution in [0.5, 0.6) is 0 Å². The molecule has 130 valence electrons. The molecule has 1 atom stereocenters. The van der Waals surface area contributed by atoms with Crippen molar-refractivity contribution >= 4 is 18.3 Å². The molecule has 1 fully saturated rings. The number of nitrogens with one attached hydrogen (secondary N) is 2. The van der Waals surface area contributed by atoms with E-state index in [0.29, 0.717) is 19.8 Å². The van der Waals surface area contributed by atoms with E-state index in [1.807, 2.05) is 6.07 Å². The minimum Gasteiger partial charge on any atom is -0.378 e. The number of carbonyl (C=O) groups excluding carboxylic acids is 1. The summed E-state index contributed by atoms with van der Waals surface area (Å²) >= 11 is 0. The molecule has 0 bridgehead atoms. The lowest BCUT2D eigenvalue weighted by Gasteiger charge is -2.28. The summed E-state index contributed by atoms with van der Waals surface area (Å²) in [6.07, 6.45) is 3.32.